The molecule has 1 aliphatic heterocycles. The summed E-state index contributed by atoms with van der Waals surface area (Å²) in [7, 11) is 0. The van der Waals surface area contributed by atoms with E-state index in [-0.39, 0.29) is 12.3 Å². The van der Waals surface area contributed by atoms with Crippen LogP contribution in [-0.2, 0) is 4.74 Å². The predicted octanol–water partition coefficient (Wildman–Crippen LogP) is 2.08. The van der Waals surface area contributed by atoms with Crippen LogP contribution in [0.2, 0.25) is 0 Å². The third-order valence-electron chi connectivity index (χ3n) is 2.43. The van der Waals surface area contributed by atoms with Crippen LogP contribution in [-0.4, -0.2) is 29.3 Å². The molecular formula is C11H22N2O2. The zero-order valence-corrected chi connectivity index (χ0v) is 9.95. The zero-order chi connectivity index (χ0) is 11.5. The molecule has 1 amide bonds. The maximum Gasteiger partial charge on any atom is 0.411 e. The van der Waals surface area contributed by atoms with Crippen LogP contribution >= 0.6 is 0 Å². The Morgan fingerprint density at radius 3 is 2.60 bits per heavy atom. The summed E-state index contributed by atoms with van der Waals surface area (Å²) in [5.41, 5.74) is 5.48. The number of carbonyl (C=O) groups is 1. The van der Waals surface area contributed by atoms with Crippen molar-refractivity contribution in [1.82, 2.24) is 4.90 Å². The van der Waals surface area contributed by atoms with Crippen molar-refractivity contribution in [3.05, 3.63) is 0 Å². The van der Waals surface area contributed by atoms with Crippen molar-refractivity contribution in [2.24, 2.45) is 5.73 Å². The number of hydrogen-bond donors (Lipinski definition) is 1. The van der Waals surface area contributed by atoms with Gasteiger partial charge in [0.05, 0.1) is 6.17 Å². The van der Waals surface area contributed by atoms with E-state index in [1.165, 1.54) is 0 Å². The van der Waals surface area contributed by atoms with Crippen LogP contribution < -0.4 is 5.73 Å². The molecule has 0 aromatic rings. The van der Waals surface area contributed by atoms with Gasteiger partial charge < -0.3 is 10.5 Å². The largest absolute Gasteiger partial charge is 0.444 e. The number of likely N-dealkylation sites (tertiary alicyclic amines) is 1. The molecule has 1 heterocycles. The first kappa shape index (κ1) is 12.3. The molecular weight excluding hydrogens is 192 g/mol. The van der Waals surface area contributed by atoms with E-state index < -0.39 is 5.60 Å². The fourth-order valence-electron chi connectivity index (χ4n) is 1.68. The van der Waals surface area contributed by atoms with Gasteiger partial charge in [0.2, 0.25) is 0 Å². The lowest BCUT2D eigenvalue weighted by Crippen LogP contribution is -2.47. The Kier molecular flexibility index (Phi) is 3.97. The number of nitrogens with zero attached hydrogens (tertiary/aromatic N) is 1. The highest BCUT2D eigenvalue weighted by molar-refractivity contribution is 5.68. The lowest BCUT2D eigenvalue weighted by molar-refractivity contribution is 0.0172. The van der Waals surface area contributed by atoms with Crippen molar-refractivity contribution in [2.75, 3.05) is 6.54 Å². The van der Waals surface area contributed by atoms with Gasteiger partial charge in [-0.15, -0.1) is 0 Å². The van der Waals surface area contributed by atoms with Crippen molar-refractivity contribution in [2.45, 2.75) is 58.2 Å². The summed E-state index contributed by atoms with van der Waals surface area (Å²) in [6, 6.07) is 0. The fraction of sp³-hybridized carbons (Fsp3) is 0.909. The summed E-state index contributed by atoms with van der Waals surface area (Å²) >= 11 is 0. The van der Waals surface area contributed by atoms with E-state index in [1.54, 1.807) is 4.90 Å². The number of hydrogen-bond acceptors (Lipinski definition) is 3. The van der Waals surface area contributed by atoms with Gasteiger partial charge in [-0.25, -0.2) is 4.79 Å². The SMILES string of the molecule is CC(C)(C)OC(=O)N1CCCCC[C@@H]1N. The lowest BCUT2D eigenvalue weighted by atomic mass is 10.2. The predicted molar refractivity (Wildman–Crippen MR) is 59.4 cm³/mol. The minimum Gasteiger partial charge on any atom is -0.444 e. The van der Waals surface area contributed by atoms with Crippen LogP contribution in [0.3, 0.4) is 0 Å². The van der Waals surface area contributed by atoms with Gasteiger partial charge in [0.15, 0.2) is 0 Å². The number of ether oxygens (including phenoxy) is 1. The highest BCUT2D eigenvalue weighted by Crippen LogP contribution is 2.17. The Balaban J connectivity index is 2.56. The maximum atomic E-state index is 11.8. The minimum absolute atomic E-state index is 0.178. The second-order valence-electron chi connectivity index (χ2n) is 5.09. The maximum absolute atomic E-state index is 11.8. The average molecular weight is 214 g/mol. The normalized spacial score (nSPS) is 23.5. The van der Waals surface area contributed by atoms with E-state index in [1.807, 2.05) is 20.8 Å². The number of rotatable bonds is 0. The molecule has 15 heavy (non-hydrogen) atoms. The zero-order valence-electron chi connectivity index (χ0n) is 9.95. The van der Waals surface area contributed by atoms with Crippen molar-refractivity contribution in [1.29, 1.82) is 0 Å². The molecule has 4 heteroatoms. The number of carbonyl (C=O) groups excluding carboxylic acids is 1. The molecule has 1 fully saturated rings. The number of amides is 1. The van der Waals surface area contributed by atoms with Gasteiger partial charge in [-0.05, 0) is 40.0 Å². The van der Waals surface area contributed by atoms with Crippen molar-refractivity contribution in [3.63, 3.8) is 0 Å². The highest BCUT2D eigenvalue weighted by atomic mass is 16.6. The monoisotopic (exact) mass is 214 g/mol. The molecule has 0 spiro atoms. The molecule has 1 saturated heterocycles. The molecule has 0 aromatic heterocycles. The van der Waals surface area contributed by atoms with Gasteiger partial charge >= 0.3 is 6.09 Å². The summed E-state index contributed by atoms with van der Waals surface area (Å²) in [4.78, 5) is 13.5. The summed E-state index contributed by atoms with van der Waals surface area (Å²) in [5, 5.41) is 0. The molecule has 1 rings (SSSR count). The van der Waals surface area contributed by atoms with Crippen LogP contribution in [0.1, 0.15) is 46.5 Å². The van der Waals surface area contributed by atoms with E-state index >= 15 is 0 Å². The summed E-state index contributed by atoms with van der Waals surface area (Å²) < 4.78 is 5.31. The Bertz CT molecular complexity index is 223. The van der Waals surface area contributed by atoms with Gasteiger partial charge in [0.1, 0.15) is 5.60 Å². The molecule has 1 atom stereocenters. The third kappa shape index (κ3) is 4.08. The van der Waals surface area contributed by atoms with Gasteiger partial charge in [0, 0.05) is 6.54 Å². The molecule has 0 saturated carbocycles. The van der Waals surface area contributed by atoms with Gasteiger partial charge in [0.25, 0.3) is 0 Å². The molecule has 0 unspecified atom stereocenters. The standard InChI is InChI=1S/C11H22N2O2/c1-11(2,3)15-10(14)13-8-6-4-5-7-9(13)12/h9H,4-8,12H2,1-3H3/t9-/m1/s1. The Morgan fingerprint density at radius 1 is 1.33 bits per heavy atom. The van der Waals surface area contributed by atoms with Gasteiger partial charge in [-0.2, -0.15) is 0 Å². The molecule has 0 bridgehead atoms. The summed E-state index contributed by atoms with van der Waals surface area (Å²) in [5.74, 6) is 0. The van der Waals surface area contributed by atoms with Gasteiger partial charge in [-0.3, -0.25) is 4.90 Å². The van der Waals surface area contributed by atoms with Crippen molar-refractivity contribution >= 4 is 6.09 Å². The highest BCUT2D eigenvalue weighted by Gasteiger charge is 2.26. The molecule has 0 radical (unpaired) electrons. The quantitative estimate of drug-likeness (QED) is 0.671. The Labute approximate surface area is 91.8 Å². The van der Waals surface area contributed by atoms with Crippen molar-refractivity contribution in [3.8, 4) is 0 Å². The third-order valence-corrected chi connectivity index (χ3v) is 2.43. The van der Waals surface area contributed by atoms with Crippen LogP contribution in [0.4, 0.5) is 4.79 Å². The molecule has 4 nitrogen and oxygen atoms in total. The molecule has 1 aliphatic rings. The van der Waals surface area contributed by atoms with Crippen molar-refractivity contribution < 1.29 is 9.53 Å². The topological polar surface area (TPSA) is 55.6 Å². The second-order valence-corrected chi connectivity index (χ2v) is 5.09. The van der Waals surface area contributed by atoms with Crippen LogP contribution in [0.15, 0.2) is 0 Å². The van der Waals surface area contributed by atoms with E-state index in [0.29, 0.717) is 0 Å². The molecule has 0 aromatic carbocycles. The van der Waals surface area contributed by atoms with E-state index in [0.717, 1.165) is 32.2 Å². The summed E-state index contributed by atoms with van der Waals surface area (Å²) in [6.45, 7) is 6.33. The van der Waals surface area contributed by atoms with Crippen LogP contribution in [0.5, 0.6) is 0 Å². The smallest absolute Gasteiger partial charge is 0.411 e. The van der Waals surface area contributed by atoms with Crippen LogP contribution in [0.25, 0.3) is 0 Å². The summed E-state index contributed by atoms with van der Waals surface area (Å²) in [6.07, 6.45) is 3.68. The first-order chi connectivity index (χ1) is 6.90. The fourth-order valence-corrected chi connectivity index (χ4v) is 1.68. The number of nitrogens with two attached hydrogens (primary N) is 1. The Morgan fingerprint density at radius 2 is 2.00 bits per heavy atom. The first-order valence-electron chi connectivity index (χ1n) is 5.65. The second kappa shape index (κ2) is 4.84. The lowest BCUT2D eigenvalue weighted by Gasteiger charge is -2.30. The molecule has 2 N–H and O–H groups in total. The molecule has 0 aliphatic carbocycles. The van der Waals surface area contributed by atoms with Crippen LogP contribution in [0, 0.1) is 0 Å². The van der Waals surface area contributed by atoms with E-state index in [2.05, 4.69) is 0 Å². The average Bonchev–Trinajstić information content (AvgIpc) is 2.26. The minimum atomic E-state index is -0.441. The van der Waals surface area contributed by atoms with Gasteiger partial charge in [-0.1, -0.05) is 6.42 Å². The Hall–Kier alpha value is -0.770. The molecule has 88 valence electrons. The van der Waals surface area contributed by atoms with E-state index in [4.69, 9.17) is 10.5 Å². The van der Waals surface area contributed by atoms with E-state index in [9.17, 15) is 4.79 Å². The first-order valence-corrected chi connectivity index (χ1v) is 5.65.